The Balaban J connectivity index is 1.49. The van der Waals surface area contributed by atoms with E-state index in [1.54, 1.807) is 18.2 Å². The zero-order valence-electron chi connectivity index (χ0n) is 17.4. The largest absolute Gasteiger partial charge is 0.379 e. The number of benzene rings is 3. The third kappa shape index (κ3) is 5.16. The molecule has 3 aromatic rings. The molecule has 1 saturated heterocycles. The van der Waals surface area contributed by atoms with Crippen LogP contribution in [-0.2, 0) is 21.5 Å². The van der Waals surface area contributed by atoms with E-state index in [4.69, 9.17) is 16.4 Å². The summed E-state index contributed by atoms with van der Waals surface area (Å²) in [5, 5.41) is 11.1. The highest BCUT2D eigenvalue weighted by molar-refractivity contribution is 8.26. The lowest BCUT2D eigenvalue weighted by atomic mass is 10.2. The molecule has 1 fully saturated rings. The Kier molecular flexibility index (Phi) is 6.77. The fourth-order valence-corrected chi connectivity index (χ4v) is 5.52. The number of nitrogens with zero attached hydrogens (tertiary/aromatic N) is 2. The van der Waals surface area contributed by atoms with Crippen LogP contribution >= 0.6 is 24.0 Å². The van der Waals surface area contributed by atoms with Crippen LogP contribution in [0.5, 0.6) is 5.75 Å². The van der Waals surface area contributed by atoms with Crippen molar-refractivity contribution < 1.29 is 22.3 Å². The van der Waals surface area contributed by atoms with Gasteiger partial charge >= 0.3 is 10.1 Å². The molecule has 1 heterocycles. The van der Waals surface area contributed by atoms with Gasteiger partial charge in [0.25, 0.3) is 11.6 Å². The third-order valence-electron chi connectivity index (χ3n) is 4.77. The summed E-state index contributed by atoms with van der Waals surface area (Å²) in [7, 11) is -4.42. The summed E-state index contributed by atoms with van der Waals surface area (Å²) in [6, 6.07) is 20.4. The summed E-state index contributed by atoms with van der Waals surface area (Å²) in [5.41, 5.74) is 1.02. The Morgan fingerprint density at radius 3 is 2.32 bits per heavy atom. The molecule has 3 aromatic carbocycles. The van der Waals surface area contributed by atoms with Crippen LogP contribution in [0.15, 0.2) is 88.7 Å². The molecule has 34 heavy (non-hydrogen) atoms. The normalized spacial score (nSPS) is 15.1. The van der Waals surface area contributed by atoms with E-state index in [0.717, 1.165) is 17.7 Å². The molecule has 4 rings (SSSR count). The monoisotopic (exact) mass is 512 g/mol. The minimum absolute atomic E-state index is 0.0214. The molecule has 0 aromatic heterocycles. The highest BCUT2D eigenvalue weighted by Crippen LogP contribution is 2.34. The van der Waals surface area contributed by atoms with Crippen molar-refractivity contribution in [2.75, 3.05) is 0 Å². The number of thiocarbonyl (C=S) groups is 1. The molecule has 172 valence electrons. The van der Waals surface area contributed by atoms with Crippen LogP contribution in [0.2, 0.25) is 0 Å². The topological polar surface area (TPSA) is 107 Å². The molecule has 1 aliphatic rings. The molecule has 0 N–H and O–H groups in total. The van der Waals surface area contributed by atoms with Gasteiger partial charge < -0.3 is 4.18 Å². The van der Waals surface area contributed by atoms with Gasteiger partial charge in [-0.25, -0.2) is 0 Å². The molecular formula is C23H16N2O6S3. The summed E-state index contributed by atoms with van der Waals surface area (Å²) in [4.78, 5) is 24.6. The smallest absolute Gasteiger partial charge is 0.346 e. The second kappa shape index (κ2) is 9.75. The van der Waals surface area contributed by atoms with E-state index in [1.807, 2.05) is 30.3 Å². The van der Waals surface area contributed by atoms with Gasteiger partial charge in [-0.1, -0.05) is 78.6 Å². The molecule has 1 aliphatic heterocycles. The lowest BCUT2D eigenvalue weighted by molar-refractivity contribution is -0.387. The fraction of sp³-hybridized carbons (Fsp3) is 0.0435. The van der Waals surface area contributed by atoms with E-state index in [9.17, 15) is 23.3 Å². The van der Waals surface area contributed by atoms with Gasteiger partial charge in [-0.15, -0.1) is 0 Å². The van der Waals surface area contributed by atoms with Crippen molar-refractivity contribution in [1.29, 1.82) is 0 Å². The number of nitro benzene ring substituents is 1. The number of hydrogen-bond donors (Lipinski definition) is 0. The number of carbonyl (C=O) groups excluding carboxylic acids is 1. The Morgan fingerprint density at radius 1 is 1.00 bits per heavy atom. The van der Waals surface area contributed by atoms with Gasteiger partial charge in [-0.3, -0.25) is 19.8 Å². The van der Waals surface area contributed by atoms with Crippen LogP contribution in [0.3, 0.4) is 0 Å². The first-order valence-corrected chi connectivity index (χ1v) is 12.5. The maximum absolute atomic E-state index is 12.8. The first-order chi connectivity index (χ1) is 16.2. The summed E-state index contributed by atoms with van der Waals surface area (Å²) in [6.45, 7) is 0.374. The van der Waals surface area contributed by atoms with E-state index < -0.39 is 25.6 Å². The lowest BCUT2D eigenvalue weighted by Crippen LogP contribution is -2.27. The van der Waals surface area contributed by atoms with Crippen molar-refractivity contribution in [3.63, 3.8) is 0 Å². The van der Waals surface area contributed by atoms with Crippen molar-refractivity contribution in [1.82, 2.24) is 4.90 Å². The highest BCUT2D eigenvalue weighted by Gasteiger charge is 2.32. The van der Waals surface area contributed by atoms with Crippen molar-refractivity contribution in [3.05, 3.63) is 105 Å². The third-order valence-corrected chi connectivity index (χ3v) is 7.45. The Bertz CT molecular complexity index is 1400. The summed E-state index contributed by atoms with van der Waals surface area (Å²) in [6.07, 6.45) is 1.66. The van der Waals surface area contributed by atoms with Gasteiger partial charge in [0, 0.05) is 6.07 Å². The number of thioether (sulfide) groups is 1. The van der Waals surface area contributed by atoms with E-state index in [-0.39, 0.29) is 11.7 Å². The highest BCUT2D eigenvalue weighted by atomic mass is 32.2. The van der Waals surface area contributed by atoms with Crippen LogP contribution in [0, 0.1) is 10.1 Å². The number of nitro groups is 1. The predicted octanol–water partition coefficient (Wildman–Crippen LogP) is 4.76. The van der Waals surface area contributed by atoms with Crippen molar-refractivity contribution in [3.8, 4) is 5.75 Å². The number of hydrogen-bond acceptors (Lipinski definition) is 8. The Labute approximate surface area is 205 Å². The number of para-hydroxylation sites is 1. The van der Waals surface area contributed by atoms with Crippen molar-refractivity contribution in [2.24, 2.45) is 0 Å². The maximum Gasteiger partial charge on any atom is 0.346 e. The predicted molar refractivity (Wildman–Crippen MR) is 133 cm³/mol. The minimum Gasteiger partial charge on any atom is -0.379 e. The SMILES string of the molecule is O=C1/C(=C/c2ccc(OS(=O)(=O)c3ccccc3[N+](=O)[O-])cc2)SC(=S)N1Cc1ccccc1. The minimum atomic E-state index is -4.42. The molecule has 0 aliphatic carbocycles. The second-order valence-corrected chi connectivity index (χ2v) is 10.3. The Morgan fingerprint density at radius 2 is 1.65 bits per heavy atom. The molecule has 1 amide bonds. The Hall–Kier alpha value is -3.54. The second-order valence-electron chi connectivity index (χ2n) is 7.08. The number of rotatable bonds is 7. The lowest BCUT2D eigenvalue weighted by Gasteiger charge is -2.14. The zero-order valence-corrected chi connectivity index (χ0v) is 19.8. The van der Waals surface area contributed by atoms with Gasteiger partial charge in [0.05, 0.1) is 16.4 Å². The zero-order chi connectivity index (χ0) is 24.3. The van der Waals surface area contributed by atoms with Crippen molar-refractivity contribution in [2.45, 2.75) is 11.4 Å². The quantitative estimate of drug-likeness (QED) is 0.147. The number of carbonyl (C=O) groups is 1. The van der Waals surface area contributed by atoms with Crippen LogP contribution < -0.4 is 4.18 Å². The summed E-state index contributed by atoms with van der Waals surface area (Å²) in [5.74, 6) is -0.231. The van der Waals surface area contributed by atoms with E-state index in [2.05, 4.69) is 0 Å². The first kappa shape index (κ1) is 23.6. The van der Waals surface area contributed by atoms with Crippen LogP contribution in [0.1, 0.15) is 11.1 Å². The average molecular weight is 513 g/mol. The maximum atomic E-state index is 12.8. The van der Waals surface area contributed by atoms with Gasteiger partial charge in [-0.05, 0) is 35.4 Å². The van der Waals surface area contributed by atoms with Crippen LogP contribution in [-0.4, -0.2) is 28.5 Å². The summed E-state index contributed by atoms with van der Waals surface area (Å²) < 4.78 is 30.6. The molecule has 0 spiro atoms. The van der Waals surface area contributed by atoms with Gasteiger partial charge in [0.1, 0.15) is 10.1 Å². The van der Waals surface area contributed by atoms with Gasteiger partial charge in [0.2, 0.25) is 0 Å². The molecule has 0 radical (unpaired) electrons. The van der Waals surface area contributed by atoms with Crippen LogP contribution in [0.4, 0.5) is 5.69 Å². The molecule has 0 unspecified atom stereocenters. The first-order valence-electron chi connectivity index (χ1n) is 9.82. The molecule has 11 heteroatoms. The summed E-state index contributed by atoms with van der Waals surface area (Å²) >= 11 is 6.55. The van der Waals surface area contributed by atoms with Gasteiger partial charge in [-0.2, -0.15) is 8.42 Å². The van der Waals surface area contributed by atoms with Crippen molar-refractivity contribution >= 4 is 56.1 Å². The fourth-order valence-electron chi connectivity index (χ4n) is 3.16. The van der Waals surface area contributed by atoms with Gasteiger partial charge in [0.15, 0.2) is 4.90 Å². The molecular weight excluding hydrogens is 496 g/mol. The molecule has 0 atom stereocenters. The molecule has 0 bridgehead atoms. The van der Waals surface area contributed by atoms with E-state index >= 15 is 0 Å². The molecule has 8 nitrogen and oxygen atoms in total. The van der Waals surface area contributed by atoms with E-state index in [0.29, 0.717) is 21.3 Å². The average Bonchev–Trinajstić information content (AvgIpc) is 3.08. The molecule has 0 saturated carbocycles. The number of amides is 1. The van der Waals surface area contributed by atoms with Crippen LogP contribution in [0.25, 0.3) is 6.08 Å². The standard InChI is InChI=1S/C23H16N2O6S3/c26-22-20(33-23(32)24(22)15-17-6-2-1-3-7-17)14-16-10-12-18(13-11-16)31-34(29,30)21-9-5-4-8-19(21)25(27)28/h1-14H,15H2/b20-14-. The van der Waals surface area contributed by atoms with E-state index in [1.165, 1.54) is 40.9 Å².